The van der Waals surface area contributed by atoms with Gasteiger partial charge >= 0.3 is 0 Å². The van der Waals surface area contributed by atoms with E-state index in [1.165, 1.54) is 6.33 Å². The minimum atomic E-state index is -1.03. The Morgan fingerprint density at radius 3 is 2.80 bits per heavy atom. The number of alkyl halides is 1. The number of nitrogen functional groups attached to an aromatic ring is 1. The first-order valence-corrected chi connectivity index (χ1v) is 8.08. The number of hydrogen-bond donors (Lipinski definition) is 3. The van der Waals surface area contributed by atoms with Crippen molar-refractivity contribution in [1.82, 2.24) is 14.5 Å². The summed E-state index contributed by atoms with van der Waals surface area (Å²) in [4.78, 5) is 8.16. The van der Waals surface area contributed by atoms with E-state index in [0.29, 0.717) is 16.8 Å². The minimum Gasteiger partial charge on any atom is -0.387 e. The second-order valence-corrected chi connectivity index (χ2v) is 6.35. The van der Waals surface area contributed by atoms with Gasteiger partial charge in [0.2, 0.25) is 0 Å². The molecule has 2 aromatic heterocycles. The molecule has 0 aromatic carbocycles. The number of aromatic nitrogens is 3. The van der Waals surface area contributed by atoms with Crippen LogP contribution in [0, 0.1) is 3.57 Å². The zero-order valence-electron chi connectivity index (χ0n) is 10.1. The van der Waals surface area contributed by atoms with Gasteiger partial charge in [0, 0.05) is 15.1 Å². The number of anilines is 1. The van der Waals surface area contributed by atoms with Gasteiger partial charge in [-0.3, -0.25) is 0 Å². The highest BCUT2D eigenvalue weighted by Gasteiger charge is 2.43. The molecule has 0 bridgehead atoms. The quantitative estimate of drug-likeness (QED) is 0.454. The van der Waals surface area contributed by atoms with Crippen molar-refractivity contribution in [2.45, 2.75) is 24.5 Å². The summed E-state index contributed by atoms with van der Waals surface area (Å²) in [5.41, 5.74) is 6.43. The van der Waals surface area contributed by atoms with E-state index in [-0.39, 0.29) is 0 Å². The third-order valence-electron chi connectivity index (χ3n) is 3.36. The lowest BCUT2D eigenvalue weighted by Gasteiger charge is -2.17. The fourth-order valence-electron chi connectivity index (χ4n) is 2.34. The van der Waals surface area contributed by atoms with Gasteiger partial charge < -0.3 is 25.3 Å². The predicted molar refractivity (Wildman–Crippen MR) is 84.4 cm³/mol. The summed E-state index contributed by atoms with van der Waals surface area (Å²) in [5.74, 6) is 0.378. The van der Waals surface area contributed by atoms with Crippen molar-refractivity contribution in [3.63, 3.8) is 0 Å². The van der Waals surface area contributed by atoms with Crippen LogP contribution in [0.25, 0.3) is 11.0 Å². The number of aliphatic hydroxyl groups is 2. The summed E-state index contributed by atoms with van der Waals surface area (Å²) in [6.07, 6.45) is 0.00301. The molecule has 7 nitrogen and oxygen atoms in total. The molecule has 3 rings (SSSR count). The summed E-state index contributed by atoms with van der Waals surface area (Å²) in [6, 6.07) is 0. The normalized spacial score (nSPS) is 30.2. The fraction of sp³-hybridized carbons (Fsp3) is 0.455. The van der Waals surface area contributed by atoms with Gasteiger partial charge in [0.15, 0.2) is 6.23 Å². The van der Waals surface area contributed by atoms with E-state index in [9.17, 15) is 10.2 Å². The molecule has 4 atom stereocenters. The van der Waals surface area contributed by atoms with Gasteiger partial charge in [0.25, 0.3) is 0 Å². The van der Waals surface area contributed by atoms with Crippen molar-refractivity contribution in [2.75, 3.05) is 11.1 Å². The maximum atomic E-state index is 10.2. The van der Waals surface area contributed by atoms with E-state index in [1.807, 2.05) is 0 Å². The second kappa shape index (κ2) is 5.37. The molecule has 9 heteroatoms. The topological polar surface area (TPSA) is 106 Å². The van der Waals surface area contributed by atoms with Crippen molar-refractivity contribution in [2.24, 2.45) is 0 Å². The third kappa shape index (κ3) is 2.11. The molecule has 0 unspecified atom stereocenters. The molecular formula is C11H12BrIN4O3. The van der Waals surface area contributed by atoms with Crippen molar-refractivity contribution in [1.29, 1.82) is 0 Å². The molecule has 3 heterocycles. The zero-order valence-corrected chi connectivity index (χ0v) is 13.9. The van der Waals surface area contributed by atoms with Gasteiger partial charge in [-0.05, 0) is 22.6 Å². The van der Waals surface area contributed by atoms with Gasteiger partial charge in [-0.1, -0.05) is 15.9 Å². The number of fused-ring (bicyclic) bond motifs is 1. The van der Waals surface area contributed by atoms with E-state index in [1.54, 1.807) is 10.8 Å². The predicted octanol–water partition coefficient (Wildman–Crippen LogP) is 0.632. The van der Waals surface area contributed by atoms with E-state index >= 15 is 0 Å². The molecule has 0 radical (unpaired) electrons. The van der Waals surface area contributed by atoms with Crippen LogP contribution in [-0.2, 0) is 4.74 Å². The van der Waals surface area contributed by atoms with Crippen LogP contribution in [0.5, 0.6) is 0 Å². The summed E-state index contributed by atoms with van der Waals surface area (Å²) in [7, 11) is 0. The van der Waals surface area contributed by atoms with Gasteiger partial charge in [-0.25, -0.2) is 9.97 Å². The van der Waals surface area contributed by atoms with Gasteiger partial charge in [-0.15, -0.1) is 0 Å². The van der Waals surface area contributed by atoms with Crippen LogP contribution in [0.4, 0.5) is 5.82 Å². The Balaban J connectivity index is 2.10. The van der Waals surface area contributed by atoms with Gasteiger partial charge in [-0.2, -0.15) is 0 Å². The molecule has 0 saturated carbocycles. The molecule has 0 spiro atoms. The Bertz CT molecular complexity index is 652. The van der Waals surface area contributed by atoms with E-state index in [4.69, 9.17) is 10.5 Å². The Morgan fingerprint density at radius 2 is 2.15 bits per heavy atom. The lowest BCUT2D eigenvalue weighted by atomic mass is 10.1. The number of halogens is 2. The van der Waals surface area contributed by atoms with Crippen LogP contribution >= 0.6 is 38.5 Å². The average molecular weight is 455 g/mol. The first kappa shape index (κ1) is 14.4. The largest absolute Gasteiger partial charge is 0.387 e. The molecule has 4 N–H and O–H groups in total. The molecule has 1 aliphatic rings. The van der Waals surface area contributed by atoms with Crippen LogP contribution in [0.1, 0.15) is 6.23 Å². The van der Waals surface area contributed by atoms with Crippen molar-refractivity contribution < 1.29 is 14.9 Å². The lowest BCUT2D eigenvalue weighted by Crippen LogP contribution is -2.32. The van der Waals surface area contributed by atoms with Crippen LogP contribution in [0.3, 0.4) is 0 Å². The highest BCUT2D eigenvalue weighted by Crippen LogP contribution is 2.35. The summed E-state index contributed by atoms with van der Waals surface area (Å²) in [6.45, 7) is 0. The molecule has 1 saturated heterocycles. The second-order valence-electron chi connectivity index (χ2n) is 4.54. The molecule has 1 fully saturated rings. The summed E-state index contributed by atoms with van der Waals surface area (Å²) in [5, 5.41) is 21.3. The summed E-state index contributed by atoms with van der Waals surface area (Å²) < 4.78 is 8.24. The van der Waals surface area contributed by atoms with E-state index in [0.717, 1.165) is 8.96 Å². The first-order chi connectivity index (χ1) is 9.54. The lowest BCUT2D eigenvalue weighted by molar-refractivity contribution is -0.0283. The van der Waals surface area contributed by atoms with Crippen LogP contribution in [0.15, 0.2) is 12.5 Å². The third-order valence-corrected chi connectivity index (χ3v) is 4.81. The standard InChI is InChI=1S/C11H12BrIN4O3/c12-1-5-7(18)8(19)11(20-5)17-2-4(13)6-9(14)15-3-16-10(6)17/h2-3,5,7-8,11,18-19H,1H2,(H2,14,15,16)/t5-,7+,8+,11-/m1/s1. The number of aliphatic hydroxyl groups excluding tert-OH is 2. The highest BCUT2D eigenvalue weighted by molar-refractivity contribution is 14.1. The molecule has 0 aliphatic carbocycles. The molecule has 108 valence electrons. The van der Waals surface area contributed by atoms with Crippen molar-refractivity contribution in [3.8, 4) is 0 Å². The Morgan fingerprint density at radius 1 is 1.40 bits per heavy atom. The van der Waals surface area contributed by atoms with E-state index < -0.39 is 24.5 Å². The SMILES string of the molecule is Nc1ncnc2c1c(I)cn2[C@@H]1O[C@H](CBr)[C@H](O)[C@@H]1O. The molecule has 1 aliphatic heterocycles. The number of rotatable bonds is 2. The Hall–Kier alpha value is -0.490. The highest BCUT2D eigenvalue weighted by atomic mass is 127. The smallest absolute Gasteiger partial charge is 0.164 e. The van der Waals surface area contributed by atoms with Crippen LogP contribution < -0.4 is 5.73 Å². The Labute approximate surface area is 136 Å². The number of hydrogen-bond acceptors (Lipinski definition) is 6. The van der Waals surface area contributed by atoms with Gasteiger partial charge in [0.1, 0.15) is 30.0 Å². The number of nitrogens with zero attached hydrogens (tertiary/aromatic N) is 3. The number of ether oxygens (including phenoxy) is 1. The van der Waals surface area contributed by atoms with Crippen LogP contribution in [-0.4, -0.2) is 48.4 Å². The van der Waals surface area contributed by atoms with Crippen LogP contribution in [0.2, 0.25) is 0 Å². The van der Waals surface area contributed by atoms with Gasteiger partial charge in [0.05, 0.1) is 11.5 Å². The zero-order chi connectivity index (χ0) is 14.4. The van der Waals surface area contributed by atoms with Crippen molar-refractivity contribution >= 4 is 55.4 Å². The maximum absolute atomic E-state index is 10.2. The molecule has 2 aromatic rings. The average Bonchev–Trinajstić information content (AvgIpc) is 2.90. The number of nitrogens with two attached hydrogens (primary N) is 1. The molecule has 0 amide bonds. The molecular weight excluding hydrogens is 443 g/mol. The minimum absolute atomic E-state index is 0.378. The molecule has 20 heavy (non-hydrogen) atoms. The maximum Gasteiger partial charge on any atom is 0.164 e. The van der Waals surface area contributed by atoms with Crippen molar-refractivity contribution in [3.05, 3.63) is 16.1 Å². The first-order valence-electron chi connectivity index (χ1n) is 5.88. The monoisotopic (exact) mass is 454 g/mol. The Kier molecular flexibility index (Phi) is 3.88. The fourth-order valence-corrected chi connectivity index (χ4v) is 3.70. The summed E-state index contributed by atoms with van der Waals surface area (Å²) >= 11 is 5.39. The van der Waals surface area contributed by atoms with E-state index in [2.05, 4.69) is 48.5 Å².